The van der Waals surface area contributed by atoms with Gasteiger partial charge in [-0.1, -0.05) is 6.92 Å². The molecule has 0 aliphatic carbocycles. The number of carbonyl (C=O) groups is 2. The molecule has 1 amide bonds. The predicted octanol–water partition coefficient (Wildman–Crippen LogP) is 2.11. The molecule has 132 valence electrons. The van der Waals surface area contributed by atoms with Crippen LogP contribution in [0.3, 0.4) is 0 Å². The third-order valence-corrected chi connectivity index (χ3v) is 3.84. The van der Waals surface area contributed by atoms with Gasteiger partial charge in [0, 0.05) is 24.4 Å². The number of carbonyl (C=O) groups excluding carboxylic acids is 1. The summed E-state index contributed by atoms with van der Waals surface area (Å²) in [6.07, 6.45) is 3.44. The van der Waals surface area contributed by atoms with Crippen molar-refractivity contribution in [1.82, 2.24) is 14.7 Å². The number of non-ortho nitro benzene ring substituents is 1. The summed E-state index contributed by atoms with van der Waals surface area (Å²) < 4.78 is 1.41. The van der Waals surface area contributed by atoms with Crippen molar-refractivity contribution in [2.24, 2.45) is 0 Å². The van der Waals surface area contributed by atoms with Crippen LogP contribution in [0.25, 0.3) is 5.69 Å². The molecule has 9 nitrogen and oxygen atoms in total. The molecule has 1 aromatic carbocycles. The molecule has 0 bridgehead atoms. The van der Waals surface area contributed by atoms with Crippen molar-refractivity contribution in [2.45, 2.75) is 26.3 Å². The average molecular weight is 346 g/mol. The van der Waals surface area contributed by atoms with Crippen molar-refractivity contribution in [2.75, 3.05) is 6.54 Å². The van der Waals surface area contributed by atoms with E-state index in [1.807, 2.05) is 6.92 Å². The second-order valence-electron chi connectivity index (χ2n) is 5.53. The Morgan fingerprint density at radius 1 is 1.36 bits per heavy atom. The van der Waals surface area contributed by atoms with Crippen molar-refractivity contribution in [3.8, 4) is 5.69 Å². The quantitative estimate of drug-likeness (QED) is 0.606. The number of nitro benzene ring substituents is 1. The number of aromatic nitrogens is 2. The molecule has 1 N–H and O–H groups in total. The SMILES string of the molecule is CCC(C)N(CC(=O)O)C(=O)c1cnn(-c2ccc([N+](=O)[O-])cc2)c1. The molecule has 2 aromatic rings. The molecule has 0 fully saturated rings. The number of hydrogen-bond acceptors (Lipinski definition) is 5. The fourth-order valence-electron chi connectivity index (χ4n) is 2.26. The number of nitro groups is 1. The molecular weight excluding hydrogens is 328 g/mol. The highest BCUT2D eigenvalue weighted by molar-refractivity contribution is 5.95. The van der Waals surface area contributed by atoms with Gasteiger partial charge in [0.25, 0.3) is 11.6 Å². The first-order valence-corrected chi connectivity index (χ1v) is 7.65. The highest BCUT2D eigenvalue weighted by Gasteiger charge is 2.24. The maximum absolute atomic E-state index is 12.6. The van der Waals surface area contributed by atoms with Crippen molar-refractivity contribution >= 4 is 17.6 Å². The van der Waals surface area contributed by atoms with Gasteiger partial charge in [0.1, 0.15) is 6.54 Å². The van der Waals surface area contributed by atoms with Crippen LogP contribution >= 0.6 is 0 Å². The number of aliphatic carboxylic acids is 1. The number of rotatable bonds is 7. The molecule has 0 saturated heterocycles. The van der Waals surface area contributed by atoms with Gasteiger partial charge in [0.05, 0.1) is 22.4 Å². The number of carboxylic acids is 1. The first-order chi connectivity index (χ1) is 11.8. The molecule has 25 heavy (non-hydrogen) atoms. The highest BCUT2D eigenvalue weighted by atomic mass is 16.6. The lowest BCUT2D eigenvalue weighted by molar-refractivity contribution is -0.384. The lowest BCUT2D eigenvalue weighted by Gasteiger charge is -2.26. The van der Waals surface area contributed by atoms with Gasteiger partial charge in [-0.05, 0) is 25.5 Å². The molecule has 0 radical (unpaired) electrons. The average Bonchev–Trinajstić information content (AvgIpc) is 3.08. The van der Waals surface area contributed by atoms with Crippen molar-refractivity contribution < 1.29 is 19.6 Å². The van der Waals surface area contributed by atoms with Crippen molar-refractivity contribution in [1.29, 1.82) is 0 Å². The smallest absolute Gasteiger partial charge is 0.323 e. The minimum Gasteiger partial charge on any atom is -0.480 e. The van der Waals surface area contributed by atoms with Crippen LogP contribution in [0, 0.1) is 10.1 Å². The van der Waals surface area contributed by atoms with Crippen LogP contribution in [0.1, 0.15) is 30.6 Å². The van der Waals surface area contributed by atoms with Gasteiger partial charge in [0.2, 0.25) is 0 Å². The van der Waals surface area contributed by atoms with Crippen LogP contribution in [0.2, 0.25) is 0 Å². The molecule has 1 unspecified atom stereocenters. The summed E-state index contributed by atoms with van der Waals surface area (Å²) in [5.41, 5.74) is 0.759. The molecule has 1 atom stereocenters. The summed E-state index contributed by atoms with van der Waals surface area (Å²) in [7, 11) is 0. The summed E-state index contributed by atoms with van der Waals surface area (Å²) in [5, 5.41) is 23.8. The second-order valence-corrected chi connectivity index (χ2v) is 5.53. The molecule has 2 rings (SSSR count). The lowest BCUT2D eigenvalue weighted by atomic mass is 10.2. The van der Waals surface area contributed by atoms with E-state index >= 15 is 0 Å². The normalized spacial score (nSPS) is 11.8. The van der Waals surface area contributed by atoms with Gasteiger partial charge >= 0.3 is 5.97 Å². The summed E-state index contributed by atoms with van der Waals surface area (Å²) in [5.74, 6) is -1.51. The minimum atomic E-state index is -1.09. The van der Waals surface area contributed by atoms with E-state index < -0.39 is 23.3 Å². The largest absolute Gasteiger partial charge is 0.480 e. The van der Waals surface area contributed by atoms with Crippen LogP contribution in [0.15, 0.2) is 36.7 Å². The maximum atomic E-state index is 12.6. The third kappa shape index (κ3) is 4.19. The molecule has 9 heteroatoms. The van der Waals surface area contributed by atoms with Crippen LogP contribution in [-0.4, -0.2) is 49.2 Å². The monoisotopic (exact) mass is 346 g/mol. The summed E-state index contributed by atoms with van der Waals surface area (Å²) in [6.45, 7) is 3.26. The highest BCUT2D eigenvalue weighted by Crippen LogP contribution is 2.16. The molecule has 0 aliphatic heterocycles. The standard InChI is InChI=1S/C16H18N4O5/c1-3-11(2)18(10-15(21)22)16(23)12-8-17-19(9-12)13-4-6-14(7-5-13)20(24)25/h4-9,11H,3,10H2,1-2H3,(H,21,22). The Balaban J connectivity index is 2.25. The predicted molar refractivity (Wildman–Crippen MR) is 88.6 cm³/mol. The van der Waals surface area contributed by atoms with Crippen LogP contribution < -0.4 is 0 Å². The van der Waals surface area contributed by atoms with Gasteiger partial charge < -0.3 is 10.0 Å². The van der Waals surface area contributed by atoms with E-state index in [2.05, 4.69) is 5.10 Å². The molecule has 0 spiro atoms. The fraction of sp³-hybridized carbons (Fsp3) is 0.312. The first-order valence-electron chi connectivity index (χ1n) is 7.65. The Bertz CT molecular complexity index is 784. The number of benzene rings is 1. The zero-order valence-electron chi connectivity index (χ0n) is 13.8. The van der Waals surface area contributed by atoms with Gasteiger partial charge in [-0.3, -0.25) is 19.7 Å². The number of nitrogens with zero attached hydrogens (tertiary/aromatic N) is 4. The molecular formula is C16H18N4O5. The van der Waals surface area contributed by atoms with E-state index in [0.29, 0.717) is 12.1 Å². The molecule has 1 heterocycles. The van der Waals surface area contributed by atoms with E-state index in [0.717, 1.165) is 0 Å². The Morgan fingerprint density at radius 3 is 2.52 bits per heavy atom. The van der Waals surface area contributed by atoms with Crippen LogP contribution in [0.5, 0.6) is 0 Å². The Kier molecular flexibility index (Phi) is 5.48. The van der Waals surface area contributed by atoms with Crippen molar-refractivity contribution in [3.05, 3.63) is 52.3 Å². The maximum Gasteiger partial charge on any atom is 0.323 e. The van der Waals surface area contributed by atoms with Crippen LogP contribution in [0.4, 0.5) is 5.69 Å². The summed E-state index contributed by atoms with van der Waals surface area (Å²) in [6, 6.07) is 5.49. The van der Waals surface area contributed by atoms with Gasteiger partial charge in [-0.15, -0.1) is 0 Å². The zero-order valence-corrected chi connectivity index (χ0v) is 13.8. The Morgan fingerprint density at radius 2 is 2.00 bits per heavy atom. The topological polar surface area (TPSA) is 119 Å². The Hall–Kier alpha value is -3.23. The molecule has 1 aromatic heterocycles. The lowest BCUT2D eigenvalue weighted by Crippen LogP contribution is -2.41. The van der Waals surface area contributed by atoms with Crippen molar-refractivity contribution in [3.63, 3.8) is 0 Å². The van der Waals surface area contributed by atoms with Gasteiger partial charge in [-0.25, -0.2) is 4.68 Å². The van der Waals surface area contributed by atoms with E-state index in [-0.39, 0.29) is 17.3 Å². The van der Waals surface area contributed by atoms with E-state index in [1.54, 1.807) is 6.92 Å². The van der Waals surface area contributed by atoms with Gasteiger partial charge in [-0.2, -0.15) is 5.10 Å². The second kappa shape index (κ2) is 7.56. The van der Waals surface area contributed by atoms with E-state index in [1.165, 1.54) is 46.2 Å². The number of amides is 1. The van der Waals surface area contributed by atoms with E-state index in [9.17, 15) is 19.7 Å². The fourth-order valence-corrected chi connectivity index (χ4v) is 2.26. The van der Waals surface area contributed by atoms with Crippen LogP contribution in [-0.2, 0) is 4.79 Å². The van der Waals surface area contributed by atoms with E-state index in [4.69, 9.17) is 5.11 Å². The number of hydrogen-bond donors (Lipinski definition) is 1. The number of carboxylic acid groups (broad SMARTS) is 1. The summed E-state index contributed by atoms with van der Waals surface area (Å²) >= 11 is 0. The summed E-state index contributed by atoms with van der Waals surface area (Å²) in [4.78, 5) is 35.1. The molecule has 0 saturated carbocycles. The third-order valence-electron chi connectivity index (χ3n) is 3.84. The van der Waals surface area contributed by atoms with Gasteiger partial charge in [0.15, 0.2) is 0 Å². The minimum absolute atomic E-state index is 0.0448. The first kappa shape index (κ1) is 18.1. The Labute approximate surface area is 143 Å². The molecule has 0 aliphatic rings. The zero-order chi connectivity index (χ0) is 18.6.